The summed E-state index contributed by atoms with van der Waals surface area (Å²) in [7, 11) is 0. The first-order valence-corrected chi connectivity index (χ1v) is 7.75. The molecular formula is C15H29N3O3. The Morgan fingerprint density at radius 1 is 1.14 bits per heavy atom. The van der Waals surface area contributed by atoms with Gasteiger partial charge in [-0.25, -0.2) is 4.79 Å². The van der Waals surface area contributed by atoms with E-state index in [4.69, 9.17) is 10.5 Å². The molecule has 0 aromatic heterocycles. The zero-order valence-corrected chi connectivity index (χ0v) is 13.4. The highest BCUT2D eigenvalue weighted by Crippen LogP contribution is 2.26. The van der Waals surface area contributed by atoms with E-state index in [0.717, 1.165) is 32.2 Å². The molecule has 0 saturated heterocycles. The van der Waals surface area contributed by atoms with Crippen molar-refractivity contribution in [2.24, 2.45) is 11.7 Å². The highest BCUT2D eigenvalue weighted by Gasteiger charge is 2.22. The van der Waals surface area contributed by atoms with Crippen LogP contribution in [0.5, 0.6) is 0 Å². The largest absolute Gasteiger partial charge is 0.444 e. The molecule has 4 N–H and O–H groups in total. The van der Waals surface area contributed by atoms with Crippen molar-refractivity contribution in [2.45, 2.75) is 64.5 Å². The van der Waals surface area contributed by atoms with E-state index in [0.29, 0.717) is 24.9 Å². The molecule has 0 aromatic carbocycles. The minimum atomic E-state index is -0.462. The van der Waals surface area contributed by atoms with Gasteiger partial charge in [-0.3, -0.25) is 4.79 Å². The predicted molar refractivity (Wildman–Crippen MR) is 81.8 cm³/mol. The molecule has 122 valence electrons. The van der Waals surface area contributed by atoms with Gasteiger partial charge >= 0.3 is 6.09 Å². The van der Waals surface area contributed by atoms with Crippen molar-refractivity contribution in [3.8, 4) is 0 Å². The lowest BCUT2D eigenvalue weighted by Crippen LogP contribution is -2.40. The van der Waals surface area contributed by atoms with E-state index >= 15 is 0 Å². The van der Waals surface area contributed by atoms with Crippen molar-refractivity contribution in [1.82, 2.24) is 10.6 Å². The smallest absolute Gasteiger partial charge is 0.407 e. The van der Waals surface area contributed by atoms with E-state index in [-0.39, 0.29) is 12.0 Å². The zero-order valence-electron chi connectivity index (χ0n) is 13.4. The Balaban J connectivity index is 2.07. The van der Waals surface area contributed by atoms with Gasteiger partial charge in [-0.2, -0.15) is 0 Å². The summed E-state index contributed by atoms with van der Waals surface area (Å²) in [5.41, 5.74) is 4.76. The molecule has 1 aliphatic carbocycles. The molecule has 0 aliphatic heterocycles. The van der Waals surface area contributed by atoms with Gasteiger partial charge in [0, 0.05) is 25.6 Å². The van der Waals surface area contributed by atoms with Crippen molar-refractivity contribution < 1.29 is 14.3 Å². The summed E-state index contributed by atoms with van der Waals surface area (Å²) in [6, 6.07) is 0.467. The SMILES string of the molecule is CC(C)(C)OC(=O)NCCNC1CCC(CC(N)=O)CC1. The molecule has 0 bridgehead atoms. The average molecular weight is 299 g/mol. The quantitative estimate of drug-likeness (QED) is 0.648. The topological polar surface area (TPSA) is 93.4 Å². The van der Waals surface area contributed by atoms with Crippen LogP contribution in [-0.2, 0) is 9.53 Å². The molecule has 1 saturated carbocycles. The summed E-state index contributed by atoms with van der Waals surface area (Å²) >= 11 is 0. The Morgan fingerprint density at radius 3 is 2.29 bits per heavy atom. The van der Waals surface area contributed by atoms with Crippen molar-refractivity contribution in [2.75, 3.05) is 13.1 Å². The van der Waals surface area contributed by atoms with Crippen LogP contribution < -0.4 is 16.4 Å². The number of amides is 2. The van der Waals surface area contributed by atoms with Gasteiger partial charge in [0.15, 0.2) is 0 Å². The first kappa shape index (κ1) is 17.8. The van der Waals surface area contributed by atoms with Crippen LogP contribution in [0.1, 0.15) is 52.9 Å². The first-order valence-electron chi connectivity index (χ1n) is 7.75. The van der Waals surface area contributed by atoms with Crippen molar-refractivity contribution >= 4 is 12.0 Å². The Morgan fingerprint density at radius 2 is 1.76 bits per heavy atom. The second kappa shape index (κ2) is 8.22. The Bertz CT molecular complexity index is 345. The van der Waals surface area contributed by atoms with Gasteiger partial charge in [0.05, 0.1) is 0 Å². The molecule has 0 atom stereocenters. The van der Waals surface area contributed by atoms with Gasteiger partial charge in [-0.05, 0) is 52.4 Å². The van der Waals surface area contributed by atoms with Crippen LogP contribution in [0, 0.1) is 5.92 Å². The zero-order chi connectivity index (χ0) is 15.9. The second-order valence-electron chi connectivity index (χ2n) is 6.77. The highest BCUT2D eigenvalue weighted by molar-refractivity contribution is 5.74. The minimum absolute atomic E-state index is 0.201. The molecule has 1 fully saturated rings. The van der Waals surface area contributed by atoms with Gasteiger partial charge in [0.2, 0.25) is 5.91 Å². The average Bonchev–Trinajstić information content (AvgIpc) is 2.34. The number of nitrogens with two attached hydrogens (primary N) is 1. The molecule has 6 heteroatoms. The number of carbonyl (C=O) groups excluding carboxylic acids is 2. The second-order valence-corrected chi connectivity index (χ2v) is 6.77. The van der Waals surface area contributed by atoms with E-state index in [1.165, 1.54) is 0 Å². The molecule has 2 amide bonds. The number of primary amides is 1. The summed E-state index contributed by atoms with van der Waals surface area (Å²) in [5.74, 6) is 0.244. The number of nitrogens with one attached hydrogen (secondary N) is 2. The van der Waals surface area contributed by atoms with Gasteiger partial charge in [-0.1, -0.05) is 0 Å². The Hall–Kier alpha value is -1.30. The minimum Gasteiger partial charge on any atom is -0.444 e. The molecule has 0 unspecified atom stereocenters. The highest BCUT2D eigenvalue weighted by atomic mass is 16.6. The fourth-order valence-electron chi connectivity index (χ4n) is 2.61. The van der Waals surface area contributed by atoms with E-state index in [1.54, 1.807) is 0 Å². The maximum Gasteiger partial charge on any atom is 0.407 e. The van der Waals surface area contributed by atoms with E-state index < -0.39 is 5.60 Å². The molecule has 0 spiro atoms. The maximum atomic E-state index is 11.5. The summed E-state index contributed by atoms with van der Waals surface area (Å²) in [5, 5.41) is 6.16. The number of hydrogen-bond acceptors (Lipinski definition) is 4. The monoisotopic (exact) mass is 299 g/mol. The molecule has 1 aliphatic rings. The third-order valence-corrected chi connectivity index (χ3v) is 3.56. The summed E-state index contributed by atoms with van der Waals surface area (Å²) in [6.07, 6.45) is 4.33. The standard InChI is InChI=1S/C15H29N3O3/c1-15(2,3)21-14(20)18-9-8-17-12-6-4-11(5-7-12)10-13(16)19/h11-12,17H,4-10H2,1-3H3,(H2,16,19)(H,18,20). The number of carbonyl (C=O) groups is 2. The van der Waals surface area contributed by atoms with Gasteiger partial charge in [0.1, 0.15) is 5.60 Å². The molecular weight excluding hydrogens is 270 g/mol. The fourth-order valence-corrected chi connectivity index (χ4v) is 2.61. The van der Waals surface area contributed by atoms with Gasteiger partial charge in [-0.15, -0.1) is 0 Å². The lowest BCUT2D eigenvalue weighted by atomic mass is 9.84. The number of ether oxygens (including phenoxy) is 1. The van der Waals surface area contributed by atoms with Crippen molar-refractivity contribution in [1.29, 1.82) is 0 Å². The normalized spacial score (nSPS) is 22.6. The molecule has 0 radical (unpaired) electrons. The van der Waals surface area contributed by atoms with Crippen LogP contribution in [0.4, 0.5) is 4.79 Å². The Labute approximate surface area is 127 Å². The lowest BCUT2D eigenvalue weighted by Gasteiger charge is -2.28. The van der Waals surface area contributed by atoms with E-state index in [9.17, 15) is 9.59 Å². The lowest BCUT2D eigenvalue weighted by molar-refractivity contribution is -0.119. The summed E-state index contributed by atoms with van der Waals surface area (Å²) in [6.45, 7) is 6.81. The van der Waals surface area contributed by atoms with Crippen LogP contribution in [-0.4, -0.2) is 36.7 Å². The van der Waals surface area contributed by atoms with Crippen LogP contribution >= 0.6 is 0 Å². The maximum absolute atomic E-state index is 11.5. The Kier molecular flexibility index (Phi) is 6.95. The number of hydrogen-bond donors (Lipinski definition) is 3. The first-order chi connectivity index (χ1) is 9.76. The molecule has 6 nitrogen and oxygen atoms in total. The summed E-state index contributed by atoms with van der Waals surface area (Å²) < 4.78 is 5.16. The molecule has 0 heterocycles. The van der Waals surface area contributed by atoms with Crippen molar-refractivity contribution in [3.05, 3.63) is 0 Å². The molecule has 0 aromatic rings. The fraction of sp³-hybridized carbons (Fsp3) is 0.867. The van der Waals surface area contributed by atoms with Crippen LogP contribution in [0.3, 0.4) is 0 Å². The van der Waals surface area contributed by atoms with E-state index in [1.807, 2.05) is 20.8 Å². The number of rotatable bonds is 6. The number of alkyl carbamates (subject to hydrolysis) is 1. The third-order valence-electron chi connectivity index (χ3n) is 3.56. The predicted octanol–water partition coefficient (Wildman–Crippen LogP) is 1.53. The third kappa shape index (κ3) is 8.55. The van der Waals surface area contributed by atoms with Crippen LogP contribution in [0.25, 0.3) is 0 Å². The van der Waals surface area contributed by atoms with E-state index in [2.05, 4.69) is 10.6 Å². The molecule has 1 rings (SSSR count). The van der Waals surface area contributed by atoms with Gasteiger partial charge < -0.3 is 21.1 Å². The van der Waals surface area contributed by atoms with Gasteiger partial charge in [0.25, 0.3) is 0 Å². The van der Waals surface area contributed by atoms with Crippen molar-refractivity contribution in [3.63, 3.8) is 0 Å². The molecule has 21 heavy (non-hydrogen) atoms. The summed E-state index contributed by atoms with van der Waals surface area (Å²) in [4.78, 5) is 22.3. The van der Waals surface area contributed by atoms with Crippen LogP contribution in [0.15, 0.2) is 0 Å². The van der Waals surface area contributed by atoms with Crippen LogP contribution in [0.2, 0.25) is 0 Å².